The van der Waals surface area contributed by atoms with E-state index in [1.54, 1.807) is 6.92 Å². The van der Waals surface area contributed by atoms with Gasteiger partial charge in [0, 0.05) is 0 Å². The summed E-state index contributed by atoms with van der Waals surface area (Å²) in [4.78, 5) is 0. The highest BCUT2D eigenvalue weighted by Crippen LogP contribution is 2.25. The van der Waals surface area contributed by atoms with Crippen molar-refractivity contribution in [1.82, 2.24) is 0 Å². The first-order valence-electron chi connectivity index (χ1n) is 3.81. The molecule has 0 saturated carbocycles. The first-order chi connectivity index (χ1) is 5.52. The average molecular weight is 186 g/mol. The van der Waals surface area contributed by atoms with Crippen LogP contribution in [0.1, 0.15) is 19.8 Å². The Labute approximate surface area is 69.3 Å². The molecule has 74 valence electrons. The van der Waals surface area contributed by atoms with E-state index >= 15 is 0 Å². The van der Waals surface area contributed by atoms with Gasteiger partial charge in [0.05, 0.1) is 13.2 Å². The van der Waals surface area contributed by atoms with Crippen molar-refractivity contribution in [2.45, 2.75) is 32.0 Å². The van der Waals surface area contributed by atoms with E-state index in [1.807, 2.05) is 0 Å². The summed E-state index contributed by atoms with van der Waals surface area (Å²) in [6.07, 6.45) is -5.68. The van der Waals surface area contributed by atoms with Crippen molar-refractivity contribution in [1.29, 1.82) is 0 Å². The molecule has 0 fully saturated rings. The third-order valence-electron chi connectivity index (χ3n) is 1.33. The van der Waals surface area contributed by atoms with Gasteiger partial charge in [0.15, 0.2) is 6.10 Å². The third-order valence-corrected chi connectivity index (χ3v) is 1.33. The zero-order chi connectivity index (χ0) is 9.61. The highest BCUT2D eigenvalue weighted by atomic mass is 19.4. The van der Waals surface area contributed by atoms with Gasteiger partial charge in [-0.05, 0) is 6.42 Å². The van der Waals surface area contributed by atoms with Crippen LogP contribution in [0.3, 0.4) is 0 Å². The lowest BCUT2D eigenvalue weighted by Crippen LogP contribution is -2.32. The van der Waals surface area contributed by atoms with Crippen molar-refractivity contribution < 1.29 is 23.0 Å². The van der Waals surface area contributed by atoms with E-state index in [0.29, 0.717) is 6.42 Å². The molecule has 0 aliphatic heterocycles. The molecule has 0 heterocycles. The lowest BCUT2D eigenvalue weighted by Gasteiger charge is -2.19. The molecule has 0 spiro atoms. The Morgan fingerprint density at radius 1 is 1.42 bits per heavy atom. The predicted octanol–water partition coefficient (Wildman–Crippen LogP) is 1.73. The Morgan fingerprint density at radius 2 is 2.00 bits per heavy atom. The van der Waals surface area contributed by atoms with Crippen molar-refractivity contribution >= 4 is 0 Å². The summed E-state index contributed by atoms with van der Waals surface area (Å²) in [5.41, 5.74) is 0. The molecule has 1 unspecified atom stereocenters. The van der Waals surface area contributed by atoms with Crippen LogP contribution in [-0.4, -0.2) is 30.6 Å². The molecule has 0 saturated heterocycles. The number of aliphatic hydroxyl groups excluding tert-OH is 1. The number of halogens is 3. The molecule has 1 N–H and O–H groups in total. The fourth-order valence-corrected chi connectivity index (χ4v) is 0.799. The van der Waals surface area contributed by atoms with Gasteiger partial charge in [-0.15, -0.1) is 0 Å². The van der Waals surface area contributed by atoms with E-state index in [9.17, 15) is 13.2 Å². The quantitative estimate of drug-likeness (QED) is 0.708. The van der Waals surface area contributed by atoms with Gasteiger partial charge in [0.2, 0.25) is 0 Å². The number of rotatable bonds is 5. The smallest absolute Gasteiger partial charge is 0.394 e. The summed E-state index contributed by atoms with van der Waals surface area (Å²) in [7, 11) is 0. The number of hydrogen-bond acceptors (Lipinski definition) is 2. The zero-order valence-electron chi connectivity index (χ0n) is 6.90. The molecule has 0 aromatic rings. The van der Waals surface area contributed by atoms with Crippen molar-refractivity contribution in [2.24, 2.45) is 0 Å². The van der Waals surface area contributed by atoms with Crippen LogP contribution in [0.2, 0.25) is 0 Å². The van der Waals surface area contributed by atoms with Crippen molar-refractivity contribution in [2.75, 3.05) is 13.2 Å². The number of alkyl halides is 3. The number of hydrogen-bond donors (Lipinski definition) is 1. The van der Waals surface area contributed by atoms with Crippen molar-refractivity contribution in [3.05, 3.63) is 0 Å². The molecule has 1 atom stereocenters. The molecule has 0 radical (unpaired) electrons. The van der Waals surface area contributed by atoms with E-state index in [2.05, 4.69) is 4.74 Å². The van der Waals surface area contributed by atoms with Crippen LogP contribution in [0.4, 0.5) is 13.2 Å². The van der Waals surface area contributed by atoms with Crippen LogP contribution in [0.15, 0.2) is 0 Å². The Bertz CT molecular complexity index is 114. The van der Waals surface area contributed by atoms with Gasteiger partial charge in [0.25, 0.3) is 0 Å². The first kappa shape index (κ1) is 11.7. The summed E-state index contributed by atoms with van der Waals surface area (Å²) in [6, 6.07) is 0. The van der Waals surface area contributed by atoms with Gasteiger partial charge in [-0.2, -0.15) is 13.2 Å². The van der Waals surface area contributed by atoms with E-state index < -0.39 is 12.3 Å². The van der Waals surface area contributed by atoms with E-state index in [4.69, 9.17) is 5.11 Å². The summed E-state index contributed by atoms with van der Waals surface area (Å²) in [6.45, 7) is 1.02. The molecular formula is C7H13F3O2. The van der Waals surface area contributed by atoms with Gasteiger partial charge in [-0.25, -0.2) is 0 Å². The second-order valence-electron chi connectivity index (χ2n) is 2.41. The minimum absolute atomic E-state index is 0.0521. The normalized spacial score (nSPS) is 14.8. The maximum Gasteiger partial charge on any atom is 0.414 e. The second-order valence-corrected chi connectivity index (χ2v) is 2.41. The minimum atomic E-state index is -4.31. The fraction of sp³-hybridized carbons (Fsp3) is 1.00. The molecule has 0 aliphatic rings. The summed E-state index contributed by atoms with van der Waals surface area (Å²) < 4.78 is 40.5. The van der Waals surface area contributed by atoms with Crippen LogP contribution in [0, 0.1) is 0 Å². The van der Waals surface area contributed by atoms with Crippen LogP contribution >= 0.6 is 0 Å². The van der Waals surface area contributed by atoms with Gasteiger partial charge >= 0.3 is 6.18 Å². The molecule has 0 aromatic carbocycles. The number of aliphatic hydroxyl groups is 1. The van der Waals surface area contributed by atoms with Crippen LogP contribution in [-0.2, 0) is 4.74 Å². The topological polar surface area (TPSA) is 29.5 Å². The number of ether oxygens (including phenoxy) is 1. The van der Waals surface area contributed by atoms with Crippen LogP contribution in [0.25, 0.3) is 0 Å². The first-order valence-corrected chi connectivity index (χ1v) is 3.81. The second kappa shape index (κ2) is 5.37. The Balaban J connectivity index is 3.86. The monoisotopic (exact) mass is 186 g/mol. The molecule has 5 heteroatoms. The summed E-state index contributed by atoms with van der Waals surface area (Å²) in [5, 5.41) is 8.26. The molecule has 0 aromatic heterocycles. The fourth-order valence-electron chi connectivity index (χ4n) is 0.799. The molecule has 2 nitrogen and oxygen atoms in total. The maximum absolute atomic E-state index is 12.0. The summed E-state index contributed by atoms with van der Waals surface area (Å²) >= 11 is 0. The Kier molecular flexibility index (Phi) is 5.24. The van der Waals surface area contributed by atoms with Gasteiger partial charge in [-0.3, -0.25) is 0 Å². The maximum atomic E-state index is 12.0. The van der Waals surface area contributed by atoms with Crippen LogP contribution in [0.5, 0.6) is 0 Å². The predicted molar refractivity (Wildman–Crippen MR) is 37.8 cm³/mol. The Morgan fingerprint density at radius 3 is 2.33 bits per heavy atom. The molecule has 12 heavy (non-hydrogen) atoms. The largest absolute Gasteiger partial charge is 0.414 e. The minimum Gasteiger partial charge on any atom is -0.394 e. The van der Waals surface area contributed by atoms with Crippen LogP contribution < -0.4 is 0 Å². The summed E-state index contributed by atoms with van der Waals surface area (Å²) in [5.74, 6) is 0. The zero-order valence-corrected chi connectivity index (χ0v) is 6.90. The molecule has 0 rings (SSSR count). The Hall–Kier alpha value is -0.290. The van der Waals surface area contributed by atoms with E-state index in [-0.39, 0.29) is 19.6 Å². The van der Waals surface area contributed by atoms with E-state index in [0.717, 1.165) is 0 Å². The highest BCUT2D eigenvalue weighted by molar-refractivity contribution is 4.66. The average Bonchev–Trinajstić information content (AvgIpc) is 1.95. The van der Waals surface area contributed by atoms with Gasteiger partial charge < -0.3 is 9.84 Å². The van der Waals surface area contributed by atoms with Gasteiger partial charge in [-0.1, -0.05) is 13.3 Å². The highest BCUT2D eigenvalue weighted by Gasteiger charge is 2.39. The third kappa shape index (κ3) is 4.56. The lowest BCUT2D eigenvalue weighted by molar-refractivity contribution is -0.223. The van der Waals surface area contributed by atoms with Crippen molar-refractivity contribution in [3.63, 3.8) is 0 Å². The van der Waals surface area contributed by atoms with E-state index in [1.165, 1.54) is 0 Å². The SMILES string of the molecule is CCCC(OCCO)C(F)(F)F. The molecular weight excluding hydrogens is 173 g/mol. The van der Waals surface area contributed by atoms with Gasteiger partial charge in [0.1, 0.15) is 0 Å². The molecule has 0 bridgehead atoms. The van der Waals surface area contributed by atoms with Crippen molar-refractivity contribution in [3.8, 4) is 0 Å². The lowest BCUT2D eigenvalue weighted by atomic mass is 10.2. The molecule has 0 aliphatic carbocycles. The molecule has 0 amide bonds. The standard InChI is InChI=1S/C7H13F3O2/c1-2-3-6(7(8,9)10)12-5-4-11/h6,11H,2-5H2,1H3.